The van der Waals surface area contributed by atoms with E-state index in [9.17, 15) is 19.5 Å². The summed E-state index contributed by atoms with van der Waals surface area (Å²) in [4.78, 5) is 41.9. The first-order valence-electron chi connectivity index (χ1n) is 12.8. The van der Waals surface area contributed by atoms with Crippen LogP contribution in [0.3, 0.4) is 0 Å². The van der Waals surface area contributed by atoms with Crippen molar-refractivity contribution >= 4 is 23.6 Å². The molecule has 0 aliphatic rings. The van der Waals surface area contributed by atoms with Crippen molar-refractivity contribution in [2.45, 2.75) is 78.6 Å². The molecule has 0 aliphatic heterocycles. The zero-order valence-electron chi connectivity index (χ0n) is 23.6. The van der Waals surface area contributed by atoms with Crippen molar-refractivity contribution in [2.75, 3.05) is 12.4 Å². The van der Waals surface area contributed by atoms with E-state index in [1.54, 1.807) is 64.3 Å². The average Bonchev–Trinajstić information content (AvgIpc) is 2.81. The third kappa shape index (κ3) is 8.97. The Labute approximate surface area is 225 Å². The summed E-state index contributed by atoms with van der Waals surface area (Å²) in [5, 5.41) is 15.4. The zero-order chi connectivity index (χ0) is 28.6. The van der Waals surface area contributed by atoms with Crippen LogP contribution in [0.1, 0.15) is 66.5 Å². The van der Waals surface area contributed by atoms with Crippen LogP contribution < -0.4 is 15.4 Å². The highest BCUT2D eigenvalue weighted by atomic mass is 16.6. The number of ether oxygens (including phenoxy) is 2. The van der Waals surface area contributed by atoms with Gasteiger partial charge in [0.25, 0.3) is 5.91 Å². The molecular formula is C29H41N3O6. The summed E-state index contributed by atoms with van der Waals surface area (Å²) in [6, 6.07) is 10.6. The minimum absolute atomic E-state index is 0.0368. The van der Waals surface area contributed by atoms with Gasteiger partial charge in [-0.1, -0.05) is 26.0 Å². The first-order valence-corrected chi connectivity index (χ1v) is 12.8. The van der Waals surface area contributed by atoms with Crippen LogP contribution in [0, 0.1) is 5.92 Å². The lowest BCUT2D eigenvalue weighted by molar-refractivity contribution is -0.143. The number of hydrogen-bond donors (Lipinski definition) is 3. The highest BCUT2D eigenvalue weighted by Gasteiger charge is 2.38. The first-order chi connectivity index (χ1) is 17.7. The maximum atomic E-state index is 14.1. The van der Waals surface area contributed by atoms with Gasteiger partial charge in [-0.15, -0.1) is 0 Å². The first kappa shape index (κ1) is 30.5. The number of nitrogens with one attached hydrogen (secondary N) is 2. The predicted octanol–water partition coefficient (Wildman–Crippen LogP) is 5.26. The van der Waals surface area contributed by atoms with Crippen LogP contribution in [0.25, 0.3) is 0 Å². The molecule has 0 spiro atoms. The van der Waals surface area contributed by atoms with Crippen molar-refractivity contribution in [3.63, 3.8) is 0 Å². The van der Waals surface area contributed by atoms with Crippen LogP contribution in [0.15, 0.2) is 48.5 Å². The molecule has 3 N–H and O–H groups in total. The second-order valence-corrected chi connectivity index (χ2v) is 10.9. The number of phenols is 1. The molecule has 0 heterocycles. The van der Waals surface area contributed by atoms with Gasteiger partial charge in [-0.05, 0) is 88.9 Å². The molecule has 0 radical (unpaired) electrons. The maximum absolute atomic E-state index is 14.1. The Morgan fingerprint density at radius 1 is 0.947 bits per heavy atom. The predicted molar refractivity (Wildman–Crippen MR) is 147 cm³/mol. The molecule has 0 saturated carbocycles. The van der Waals surface area contributed by atoms with Crippen LogP contribution in [0.4, 0.5) is 10.5 Å². The molecule has 0 aliphatic carbocycles. The van der Waals surface area contributed by atoms with Crippen molar-refractivity contribution in [2.24, 2.45) is 5.92 Å². The average molecular weight is 528 g/mol. The number of nitrogens with zero attached hydrogens (tertiary/aromatic N) is 1. The van der Waals surface area contributed by atoms with Crippen molar-refractivity contribution in [3.8, 4) is 11.5 Å². The van der Waals surface area contributed by atoms with Crippen molar-refractivity contribution in [3.05, 3.63) is 54.1 Å². The van der Waals surface area contributed by atoms with Gasteiger partial charge >= 0.3 is 6.09 Å². The van der Waals surface area contributed by atoms with E-state index >= 15 is 0 Å². The van der Waals surface area contributed by atoms with Crippen LogP contribution >= 0.6 is 0 Å². The van der Waals surface area contributed by atoms with Crippen LogP contribution in [-0.4, -0.2) is 52.7 Å². The zero-order valence-corrected chi connectivity index (χ0v) is 23.6. The van der Waals surface area contributed by atoms with Crippen molar-refractivity contribution in [1.82, 2.24) is 10.2 Å². The number of aromatic hydroxyl groups is 1. The summed E-state index contributed by atoms with van der Waals surface area (Å²) in [7, 11) is 1.56. The molecule has 208 valence electrons. The molecule has 2 aromatic carbocycles. The highest BCUT2D eigenvalue weighted by Crippen LogP contribution is 2.29. The van der Waals surface area contributed by atoms with E-state index in [1.165, 1.54) is 17.0 Å². The molecular weight excluding hydrogens is 486 g/mol. The lowest BCUT2D eigenvalue weighted by Gasteiger charge is -2.37. The molecule has 0 saturated heterocycles. The van der Waals surface area contributed by atoms with E-state index in [2.05, 4.69) is 10.6 Å². The third-order valence-corrected chi connectivity index (χ3v) is 5.60. The number of carbonyl (C=O) groups excluding carboxylic acids is 3. The molecule has 2 atom stereocenters. The molecule has 2 aromatic rings. The Bertz CT molecular complexity index is 1070. The van der Waals surface area contributed by atoms with E-state index in [0.717, 1.165) is 0 Å². The van der Waals surface area contributed by atoms with E-state index in [0.29, 0.717) is 23.4 Å². The van der Waals surface area contributed by atoms with Gasteiger partial charge in [-0.2, -0.15) is 0 Å². The fraction of sp³-hybridized carbons (Fsp3) is 0.483. The quantitative estimate of drug-likeness (QED) is 0.388. The second kappa shape index (κ2) is 13.2. The van der Waals surface area contributed by atoms with Gasteiger partial charge in [0.2, 0.25) is 5.91 Å². The lowest BCUT2D eigenvalue weighted by atomic mass is 9.98. The monoisotopic (exact) mass is 527 g/mol. The highest BCUT2D eigenvalue weighted by molar-refractivity contribution is 5.99. The van der Waals surface area contributed by atoms with Gasteiger partial charge in [0.15, 0.2) is 0 Å². The summed E-state index contributed by atoms with van der Waals surface area (Å²) in [6.45, 7) is 12.8. The smallest absolute Gasteiger partial charge is 0.408 e. The second-order valence-electron chi connectivity index (χ2n) is 10.9. The molecule has 3 amide bonds. The number of amides is 3. The SMILES string of the molecule is COc1ccc(NC(=O)C(c2ccc(O)cc2)N(C(=O)C(CC(C)C)NC(=O)OC(C)(C)C)C(C)C)cc1. The normalized spacial score (nSPS) is 13.0. The molecule has 0 fully saturated rings. The largest absolute Gasteiger partial charge is 0.508 e. The fourth-order valence-electron chi connectivity index (χ4n) is 3.98. The molecule has 0 aromatic heterocycles. The van der Waals surface area contributed by atoms with Crippen molar-refractivity contribution < 1.29 is 29.0 Å². The third-order valence-electron chi connectivity index (χ3n) is 5.60. The van der Waals surface area contributed by atoms with E-state index in [1.807, 2.05) is 27.7 Å². The summed E-state index contributed by atoms with van der Waals surface area (Å²) in [6.07, 6.45) is -0.354. The molecule has 9 heteroatoms. The van der Waals surface area contributed by atoms with Gasteiger partial charge in [0.1, 0.15) is 29.2 Å². The van der Waals surface area contributed by atoms with Gasteiger partial charge in [0.05, 0.1) is 7.11 Å². The Morgan fingerprint density at radius 3 is 2.00 bits per heavy atom. The standard InChI is InChI=1S/C29H41N3O6/c1-18(2)17-24(31-28(36)38-29(5,6)7)27(35)32(19(3)4)25(20-9-13-22(33)14-10-20)26(34)30-21-11-15-23(37-8)16-12-21/h9-16,18-19,24-25,33H,17H2,1-8H3,(H,30,34)(H,31,36). The number of carbonyl (C=O) groups is 3. The summed E-state index contributed by atoms with van der Waals surface area (Å²) >= 11 is 0. The molecule has 0 bridgehead atoms. The van der Waals surface area contributed by atoms with E-state index in [-0.39, 0.29) is 11.7 Å². The number of rotatable bonds is 10. The minimum atomic E-state index is -1.04. The van der Waals surface area contributed by atoms with Crippen LogP contribution in [0.2, 0.25) is 0 Å². The van der Waals surface area contributed by atoms with Gasteiger partial charge in [-0.25, -0.2) is 4.79 Å². The number of methoxy groups -OCH3 is 1. The minimum Gasteiger partial charge on any atom is -0.508 e. The summed E-state index contributed by atoms with van der Waals surface area (Å²) < 4.78 is 10.6. The van der Waals surface area contributed by atoms with Gasteiger partial charge in [-0.3, -0.25) is 9.59 Å². The molecule has 9 nitrogen and oxygen atoms in total. The van der Waals surface area contributed by atoms with Crippen molar-refractivity contribution in [1.29, 1.82) is 0 Å². The maximum Gasteiger partial charge on any atom is 0.408 e. The Hall–Kier alpha value is -3.75. The summed E-state index contributed by atoms with van der Waals surface area (Å²) in [5.74, 6) is -0.101. The van der Waals surface area contributed by atoms with Crippen LogP contribution in [-0.2, 0) is 14.3 Å². The van der Waals surface area contributed by atoms with Gasteiger partial charge in [0, 0.05) is 11.7 Å². The Morgan fingerprint density at radius 2 is 1.53 bits per heavy atom. The topological polar surface area (TPSA) is 117 Å². The number of hydrogen-bond acceptors (Lipinski definition) is 6. The number of benzene rings is 2. The summed E-state index contributed by atoms with van der Waals surface area (Å²) in [5.41, 5.74) is 0.304. The van der Waals surface area contributed by atoms with Gasteiger partial charge < -0.3 is 30.1 Å². The number of phenolic OH excluding ortho intramolecular Hbond substituents is 1. The molecule has 2 unspecified atom stereocenters. The van der Waals surface area contributed by atoms with E-state index in [4.69, 9.17) is 9.47 Å². The number of anilines is 1. The molecule has 38 heavy (non-hydrogen) atoms. The Kier molecular flexibility index (Phi) is 10.6. The number of alkyl carbamates (subject to hydrolysis) is 1. The molecule has 2 rings (SSSR count). The van der Waals surface area contributed by atoms with Crippen LogP contribution in [0.5, 0.6) is 11.5 Å². The Balaban J connectivity index is 2.48. The van der Waals surface area contributed by atoms with E-state index < -0.39 is 41.6 Å². The fourth-order valence-corrected chi connectivity index (χ4v) is 3.98. The lowest BCUT2D eigenvalue weighted by Crippen LogP contribution is -2.54.